The van der Waals surface area contributed by atoms with Crippen molar-refractivity contribution in [1.82, 2.24) is 20.5 Å². The second-order valence-corrected chi connectivity index (χ2v) is 4.51. The zero-order chi connectivity index (χ0) is 16.2. The van der Waals surface area contributed by atoms with Gasteiger partial charge in [0.1, 0.15) is 12.2 Å². The molecule has 1 aromatic heterocycles. The Balaban J connectivity index is 2.18. The Morgan fingerprint density at radius 2 is 1.95 bits per heavy atom. The van der Waals surface area contributed by atoms with Gasteiger partial charge in [0.05, 0.1) is 6.04 Å². The number of aromatic amines is 1. The minimum absolute atomic E-state index is 0.0983. The molecule has 2 rings (SSSR count). The number of benzene rings is 1. The van der Waals surface area contributed by atoms with Crippen LogP contribution in [0.3, 0.4) is 0 Å². The number of nitrogens with one attached hydrogen (secondary N) is 2. The van der Waals surface area contributed by atoms with Crippen LogP contribution in [-0.4, -0.2) is 33.4 Å². The number of hydrogen-bond donors (Lipinski definition) is 2. The summed E-state index contributed by atoms with van der Waals surface area (Å²) < 4.78 is 50.6. The molecule has 2 N–H and O–H groups in total. The number of carbonyl (C=O) groups is 1. The largest absolute Gasteiger partial charge is 0.383 e. The van der Waals surface area contributed by atoms with E-state index in [9.17, 15) is 22.4 Å². The molecule has 0 unspecified atom stereocenters. The van der Waals surface area contributed by atoms with Gasteiger partial charge in [0.15, 0.2) is 0 Å². The highest BCUT2D eigenvalue weighted by Gasteiger charge is 2.49. The summed E-state index contributed by atoms with van der Waals surface area (Å²) in [6.45, 7) is 0. The third kappa shape index (κ3) is 3.60. The molecule has 0 fully saturated rings. The molecule has 1 heterocycles. The highest BCUT2D eigenvalue weighted by molar-refractivity contribution is 5.84. The van der Waals surface area contributed by atoms with Gasteiger partial charge in [0, 0.05) is 0 Å². The molecule has 0 radical (unpaired) electrons. The summed E-state index contributed by atoms with van der Waals surface area (Å²) in [6, 6.07) is 7.60. The molecule has 0 aliphatic rings. The van der Waals surface area contributed by atoms with Gasteiger partial charge in [-0.05, 0) is 12.0 Å². The Bertz CT molecular complexity index is 604. The van der Waals surface area contributed by atoms with Gasteiger partial charge in [0.25, 0.3) is 5.91 Å². The van der Waals surface area contributed by atoms with E-state index in [4.69, 9.17) is 0 Å². The molecule has 0 saturated carbocycles. The van der Waals surface area contributed by atoms with Crippen molar-refractivity contribution in [2.75, 3.05) is 0 Å². The van der Waals surface area contributed by atoms with Gasteiger partial charge in [0.2, 0.25) is 0 Å². The van der Waals surface area contributed by atoms with Gasteiger partial charge in [-0.1, -0.05) is 30.3 Å². The lowest BCUT2D eigenvalue weighted by Crippen LogP contribution is -2.47. The van der Waals surface area contributed by atoms with E-state index in [1.165, 1.54) is 0 Å². The predicted molar refractivity (Wildman–Crippen MR) is 68.4 cm³/mol. The van der Waals surface area contributed by atoms with Gasteiger partial charge >= 0.3 is 12.3 Å². The van der Waals surface area contributed by atoms with Gasteiger partial charge in [-0.15, -0.1) is 0 Å². The molecule has 0 aliphatic carbocycles. The Labute approximate surface area is 122 Å². The minimum atomic E-state index is -4.77. The first-order chi connectivity index (χ1) is 10.4. The highest BCUT2D eigenvalue weighted by atomic mass is 19.3. The summed E-state index contributed by atoms with van der Waals surface area (Å²) in [5.41, 5.74) is 0.713. The number of rotatable bonds is 6. The molecule has 22 heavy (non-hydrogen) atoms. The quantitative estimate of drug-likeness (QED) is 0.802. The van der Waals surface area contributed by atoms with Crippen molar-refractivity contribution in [2.24, 2.45) is 0 Å². The molecule has 0 bridgehead atoms. The number of carbonyl (C=O) groups excluding carboxylic acids is 1. The topological polar surface area (TPSA) is 70.7 Å². The van der Waals surface area contributed by atoms with Gasteiger partial charge in [-0.2, -0.15) is 13.9 Å². The van der Waals surface area contributed by atoms with E-state index in [1.807, 2.05) is 5.32 Å². The second kappa shape index (κ2) is 6.54. The first kappa shape index (κ1) is 15.9. The van der Waals surface area contributed by atoms with E-state index >= 15 is 0 Å². The number of hydrogen-bond acceptors (Lipinski definition) is 3. The number of nitrogens with zero attached hydrogens (tertiary/aromatic N) is 2. The maximum atomic E-state index is 13.1. The maximum Gasteiger partial charge on any atom is 0.383 e. The van der Waals surface area contributed by atoms with Gasteiger partial charge < -0.3 is 5.32 Å². The van der Waals surface area contributed by atoms with Crippen LogP contribution in [0, 0.1) is 0 Å². The second-order valence-electron chi connectivity index (χ2n) is 4.51. The van der Waals surface area contributed by atoms with Crippen LogP contribution >= 0.6 is 0 Å². The number of H-pyrrole nitrogens is 1. The van der Waals surface area contributed by atoms with Crippen molar-refractivity contribution >= 4 is 5.91 Å². The van der Waals surface area contributed by atoms with Crippen LogP contribution < -0.4 is 5.32 Å². The Kier molecular flexibility index (Phi) is 4.74. The maximum absolute atomic E-state index is 13.1. The van der Waals surface area contributed by atoms with Crippen LogP contribution in [0.15, 0.2) is 36.7 Å². The SMILES string of the molecule is O=C(N[C@H](Cc1ccccc1)c1ncn[nH]1)C(F)(F)C(F)F. The summed E-state index contributed by atoms with van der Waals surface area (Å²) in [5.74, 6) is -6.73. The number of aromatic nitrogens is 3. The van der Waals surface area contributed by atoms with Crippen LogP contribution in [0.1, 0.15) is 17.4 Å². The molecule has 1 amide bonds. The third-order valence-electron chi connectivity index (χ3n) is 2.93. The lowest BCUT2D eigenvalue weighted by Gasteiger charge is -2.20. The van der Waals surface area contributed by atoms with E-state index in [0.29, 0.717) is 5.56 Å². The number of halogens is 4. The summed E-state index contributed by atoms with van der Waals surface area (Å²) in [7, 11) is 0. The van der Waals surface area contributed by atoms with Gasteiger partial charge in [-0.3, -0.25) is 9.89 Å². The number of alkyl halides is 4. The van der Waals surface area contributed by atoms with Crippen LogP contribution in [0.25, 0.3) is 0 Å². The molecule has 1 atom stereocenters. The third-order valence-corrected chi connectivity index (χ3v) is 2.93. The molecular formula is C13H12F4N4O. The fraction of sp³-hybridized carbons (Fsp3) is 0.308. The van der Waals surface area contributed by atoms with E-state index in [1.54, 1.807) is 30.3 Å². The Morgan fingerprint density at radius 3 is 2.50 bits per heavy atom. The Morgan fingerprint density at radius 1 is 1.27 bits per heavy atom. The fourth-order valence-corrected chi connectivity index (χ4v) is 1.80. The lowest BCUT2D eigenvalue weighted by atomic mass is 10.1. The zero-order valence-electron chi connectivity index (χ0n) is 11.1. The summed E-state index contributed by atoms with van der Waals surface area (Å²) >= 11 is 0. The summed E-state index contributed by atoms with van der Waals surface area (Å²) in [4.78, 5) is 15.2. The van der Waals surface area contributed by atoms with Crippen molar-refractivity contribution in [3.8, 4) is 0 Å². The average Bonchev–Trinajstić information content (AvgIpc) is 3.01. The molecule has 0 aliphatic heterocycles. The molecule has 2 aromatic rings. The van der Waals surface area contributed by atoms with Crippen LogP contribution in [0.2, 0.25) is 0 Å². The molecule has 5 nitrogen and oxygen atoms in total. The van der Waals surface area contributed by atoms with Crippen LogP contribution in [-0.2, 0) is 11.2 Å². The zero-order valence-corrected chi connectivity index (χ0v) is 11.1. The molecule has 9 heteroatoms. The van der Waals surface area contributed by atoms with Crippen LogP contribution in [0.5, 0.6) is 0 Å². The molecular weight excluding hydrogens is 304 g/mol. The first-order valence-electron chi connectivity index (χ1n) is 6.27. The molecule has 0 saturated heterocycles. The Hall–Kier alpha value is -2.45. The van der Waals surface area contributed by atoms with Crippen LogP contribution in [0.4, 0.5) is 17.6 Å². The van der Waals surface area contributed by atoms with E-state index in [0.717, 1.165) is 6.33 Å². The van der Waals surface area contributed by atoms with Crippen molar-refractivity contribution in [2.45, 2.75) is 24.8 Å². The van der Waals surface area contributed by atoms with Crippen molar-refractivity contribution in [1.29, 1.82) is 0 Å². The lowest BCUT2D eigenvalue weighted by molar-refractivity contribution is -0.170. The summed E-state index contributed by atoms with van der Waals surface area (Å²) in [5, 5.41) is 7.89. The first-order valence-corrected chi connectivity index (χ1v) is 6.27. The van der Waals surface area contributed by atoms with Crippen molar-refractivity contribution in [3.63, 3.8) is 0 Å². The fourth-order valence-electron chi connectivity index (χ4n) is 1.80. The minimum Gasteiger partial charge on any atom is -0.340 e. The van der Waals surface area contributed by atoms with E-state index in [-0.39, 0.29) is 12.2 Å². The molecule has 118 valence electrons. The number of amides is 1. The normalized spacial score (nSPS) is 13.1. The monoisotopic (exact) mass is 316 g/mol. The van der Waals surface area contributed by atoms with E-state index in [2.05, 4.69) is 15.2 Å². The standard InChI is InChI=1S/C13H12F4N4O/c14-11(15)13(16,17)12(22)20-9(10-18-7-19-21-10)6-8-4-2-1-3-5-8/h1-5,7,9,11H,6H2,(H,20,22)(H,18,19,21)/t9-/m1/s1. The van der Waals surface area contributed by atoms with Crippen molar-refractivity contribution in [3.05, 3.63) is 48.0 Å². The predicted octanol–water partition coefficient (Wildman–Crippen LogP) is 2.11. The molecule has 1 aromatic carbocycles. The highest BCUT2D eigenvalue weighted by Crippen LogP contribution is 2.25. The molecule has 0 spiro atoms. The summed E-state index contributed by atoms with van der Waals surface area (Å²) in [6.07, 6.45) is -2.86. The van der Waals surface area contributed by atoms with E-state index < -0.39 is 24.3 Å². The van der Waals surface area contributed by atoms with Gasteiger partial charge in [-0.25, -0.2) is 13.8 Å². The smallest absolute Gasteiger partial charge is 0.340 e. The van der Waals surface area contributed by atoms with Crippen molar-refractivity contribution < 1.29 is 22.4 Å². The average molecular weight is 316 g/mol.